The number of aliphatic hydroxyl groups excluding tert-OH is 1. The number of carboxylic acids is 1. The number of hydrogen-bond acceptors (Lipinski definition) is 4. The van der Waals surface area contributed by atoms with E-state index < -0.39 is 18.0 Å². The van der Waals surface area contributed by atoms with Crippen LogP contribution < -0.4 is 10.6 Å². The number of hydrogen-bond donors (Lipinski definition) is 4. The van der Waals surface area contributed by atoms with E-state index in [0.29, 0.717) is 6.42 Å². The predicted molar refractivity (Wildman–Crippen MR) is 72.3 cm³/mol. The minimum atomic E-state index is -1.16. The molecule has 0 aromatic carbocycles. The van der Waals surface area contributed by atoms with Crippen molar-refractivity contribution >= 4 is 23.3 Å². The molecule has 0 radical (unpaired) electrons. The first kappa shape index (κ1) is 15.5. The van der Waals surface area contributed by atoms with Gasteiger partial charge in [0.1, 0.15) is 6.04 Å². The quantitative estimate of drug-likeness (QED) is 0.596. The van der Waals surface area contributed by atoms with Gasteiger partial charge >= 0.3 is 12.0 Å². The fourth-order valence-electron chi connectivity index (χ4n) is 1.62. The van der Waals surface area contributed by atoms with E-state index in [-0.39, 0.29) is 19.1 Å². The summed E-state index contributed by atoms with van der Waals surface area (Å²) >= 11 is 1.59. The van der Waals surface area contributed by atoms with E-state index in [0.717, 1.165) is 5.56 Å². The molecule has 0 aliphatic carbocycles. The SMILES string of the molecule is CC(Cc1ccsc1)NC(=O)N[C@H](CCO)C(=O)O. The Bertz CT molecular complexity index is 408. The maximum Gasteiger partial charge on any atom is 0.326 e. The summed E-state index contributed by atoms with van der Waals surface area (Å²) in [6.07, 6.45) is 0.677. The Balaban J connectivity index is 2.38. The number of nitrogens with one attached hydrogen (secondary N) is 2. The summed E-state index contributed by atoms with van der Waals surface area (Å²) in [5.41, 5.74) is 1.13. The fraction of sp³-hybridized carbons (Fsp3) is 0.500. The molecule has 2 amide bonds. The molecule has 1 rings (SSSR count). The highest BCUT2D eigenvalue weighted by Gasteiger charge is 2.19. The van der Waals surface area contributed by atoms with Gasteiger partial charge in [0, 0.05) is 19.1 Å². The molecular weight excluding hydrogens is 268 g/mol. The van der Waals surface area contributed by atoms with Crippen LogP contribution in [0, 0.1) is 0 Å². The van der Waals surface area contributed by atoms with Gasteiger partial charge in [-0.25, -0.2) is 9.59 Å². The highest BCUT2D eigenvalue weighted by Crippen LogP contribution is 2.08. The summed E-state index contributed by atoms with van der Waals surface area (Å²) in [6, 6.07) is 0.270. The predicted octanol–water partition coefficient (Wildman–Crippen LogP) is 0.814. The third-order valence-corrected chi connectivity index (χ3v) is 3.25. The second-order valence-corrected chi connectivity index (χ2v) is 5.04. The van der Waals surface area contributed by atoms with Crippen LogP contribution in [0.5, 0.6) is 0 Å². The molecule has 0 aliphatic rings. The molecule has 0 fully saturated rings. The number of rotatable bonds is 7. The smallest absolute Gasteiger partial charge is 0.326 e. The summed E-state index contributed by atoms with van der Waals surface area (Å²) in [5.74, 6) is -1.16. The van der Waals surface area contributed by atoms with Crippen molar-refractivity contribution < 1.29 is 19.8 Å². The lowest BCUT2D eigenvalue weighted by Gasteiger charge is -2.17. The highest BCUT2D eigenvalue weighted by atomic mass is 32.1. The third kappa shape index (κ3) is 5.71. The lowest BCUT2D eigenvalue weighted by molar-refractivity contribution is -0.139. The Kier molecular flexibility index (Phi) is 6.31. The molecule has 0 bridgehead atoms. The second kappa shape index (κ2) is 7.75. The third-order valence-electron chi connectivity index (χ3n) is 2.52. The van der Waals surface area contributed by atoms with Gasteiger partial charge < -0.3 is 20.8 Å². The topological polar surface area (TPSA) is 98.7 Å². The Morgan fingerprint density at radius 3 is 2.68 bits per heavy atom. The number of aliphatic carboxylic acids is 1. The van der Waals surface area contributed by atoms with Crippen LogP contribution >= 0.6 is 11.3 Å². The van der Waals surface area contributed by atoms with Crippen LogP contribution in [0.15, 0.2) is 16.8 Å². The summed E-state index contributed by atoms with van der Waals surface area (Å²) in [6.45, 7) is 1.56. The molecule has 6 nitrogen and oxygen atoms in total. The lowest BCUT2D eigenvalue weighted by Crippen LogP contribution is -2.49. The summed E-state index contributed by atoms with van der Waals surface area (Å²) in [7, 11) is 0. The molecule has 1 unspecified atom stereocenters. The molecule has 2 atom stereocenters. The Morgan fingerprint density at radius 2 is 2.16 bits per heavy atom. The first-order valence-electron chi connectivity index (χ1n) is 5.94. The second-order valence-electron chi connectivity index (χ2n) is 4.26. The van der Waals surface area contributed by atoms with E-state index in [9.17, 15) is 9.59 Å². The number of thiophene rings is 1. The fourth-order valence-corrected chi connectivity index (χ4v) is 2.31. The van der Waals surface area contributed by atoms with Crippen molar-refractivity contribution in [3.05, 3.63) is 22.4 Å². The minimum Gasteiger partial charge on any atom is -0.480 e. The molecule has 0 aliphatic heterocycles. The molecule has 4 N–H and O–H groups in total. The van der Waals surface area contributed by atoms with Gasteiger partial charge in [0.15, 0.2) is 0 Å². The summed E-state index contributed by atoms with van der Waals surface area (Å²) in [4.78, 5) is 22.4. The molecule has 1 aromatic rings. The number of aliphatic hydroxyl groups is 1. The van der Waals surface area contributed by atoms with Gasteiger partial charge in [0.25, 0.3) is 0 Å². The number of urea groups is 1. The summed E-state index contributed by atoms with van der Waals surface area (Å²) in [5, 5.41) is 26.5. The van der Waals surface area contributed by atoms with Crippen molar-refractivity contribution in [3.63, 3.8) is 0 Å². The van der Waals surface area contributed by atoms with Crippen molar-refractivity contribution in [2.75, 3.05) is 6.61 Å². The maximum absolute atomic E-state index is 11.6. The van der Waals surface area contributed by atoms with Crippen LogP contribution in [0.1, 0.15) is 18.9 Å². The van der Waals surface area contributed by atoms with Crippen molar-refractivity contribution in [1.29, 1.82) is 0 Å². The standard InChI is InChI=1S/C12H18N2O4S/c1-8(6-9-3-5-19-7-9)13-12(18)14-10(2-4-15)11(16)17/h3,5,7-8,10,15H,2,4,6H2,1H3,(H,16,17)(H2,13,14,18)/t8?,10-/m1/s1. The van der Waals surface area contributed by atoms with Crippen LogP contribution in [-0.2, 0) is 11.2 Å². The number of amides is 2. The molecule has 0 saturated carbocycles. The largest absolute Gasteiger partial charge is 0.480 e. The molecule has 1 aromatic heterocycles. The van der Waals surface area contributed by atoms with E-state index in [1.807, 2.05) is 23.8 Å². The molecule has 1 heterocycles. The molecule has 19 heavy (non-hydrogen) atoms. The highest BCUT2D eigenvalue weighted by molar-refractivity contribution is 7.07. The van der Waals surface area contributed by atoms with Crippen molar-refractivity contribution in [2.45, 2.75) is 31.8 Å². The average molecular weight is 286 g/mol. The first-order chi connectivity index (χ1) is 9.02. The lowest BCUT2D eigenvalue weighted by atomic mass is 10.1. The van der Waals surface area contributed by atoms with E-state index >= 15 is 0 Å². The van der Waals surface area contributed by atoms with Crippen LogP contribution in [0.4, 0.5) is 4.79 Å². The number of carbonyl (C=O) groups is 2. The zero-order chi connectivity index (χ0) is 14.3. The number of carboxylic acid groups (broad SMARTS) is 1. The first-order valence-corrected chi connectivity index (χ1v) is 6.89. The Morgan fingerprint density at radius 1 is 1.42 bits per heavy atom. The average Bonchev–Trinajstić information content (AvgIpc) is 2.80. The van der Waals surface area contributed by atoms with E-state index in [2.05, 4.69) is 10.6 Å². The van der Waals surface area contributed by atoms with Crippen molar-refractivity contribution in [1.82, 2.24) is 10.6 Å². The van der Waals surface area contributed by atoms with Gasteiger partial charge in [-0.2, -0.15) is 11.3 Å². The molecule has 0 spiro atoms. The minimum absolute atomic E-state index is 0.0122. The van der Waals surface area contributed by atoms with E-state index in [1.165, 1.54) is 0 Å². The molecular formula is C12H18N2O4S. The van der Waals surface area contributed by atoms with Gasteiger partial charge in [0.05, 0.1) is 0 Å². The number of carbonyl (C=O) groups excluding carboxylic acids is 1. The van der Waals surface area contributed by atoms with Crippen molar-refractivity contribution in [2.24, 2.45) is 0 Å². The zero-order valence-electron chi connectivity index (χ0n) is 10.6. The van der Waals surface area contributed by atoms with E-state index in [1.54, 1.807) is 11.3 Å². The van der Waals surface area contributed by atoms with Gasteiger partial charge in [0.2, 0.25) is 0 Å². The molecule has 0 saturated heterocycles. The Labute approximate surface area is 115 Å². The van der Waals surface area contributed by atoms with E-state index in [4.69, 9.17) is 10.2 Å². The monoisotopic (exact) mass is 286 g/mol. The summed E-state index contributed by atoms with van der Waals surface area (Å²) < 4.78 is 0. The van der Waals surface area contributed by atoms with Gasteiger partial charge in [-0.3, -0.25) is 0 Å². The van der Waals surface area contributed by atoms with Crippen LogP contribution in [-0.4, -0.2) is 40.9 Å². The Hall–Kier alpha value is -1.60. The van der Waals surface area contributed by atoms with Crippen LogP contribution in [0.25, 0.3) is 0 Å². The van der Waals surface area contributed by atoms with Crippen LogP contribution in [0.2, 0.25) is 0 Å². The van der Waals surface area contributed by atoms with Gasteiger partial charge in [-0.05, 0) is 35.7 Å². The zero-order valence-corrected chi connectivity index (χ0v) is 11.4. The maximum atomic E-state index is 11.6. The molecule has 7 heteroatoms. The van der Waals surface area contributed by atoms with Gasteiger partial charge in [-0.1, -0.05) is 0 Å². The van der Waals surface area contributed by atoms with Crippen LogP contribution in [0.3, 0.4) is 0 Å². The normalized spacial score (nSPS) is 13.6. The van der Waals surface area contributed by atoms with Gasteiger partial charge in [-0.15, -0.1) is 0 Å². The molecule has 106 valence electrons. The van der Waals surface area contributed by atoms with Crippen molar-refractivity contribution in [3.8, 4) is 0 Å².